The SMILES string of the molecule is C[C@@H]1CCCN1Cc1ccc(-c2cnc(N)c(C(=O)O)c2)cc1. The Labute approximate surface area is 135 Å². The van der Waals surface area contributed by atoms with Gasteiger partial charge in [-0.1, -0.05) is 24.3 Å². The third-order valence-electron chi connectivity index (χ3n) is 4.51. The second kappa shape index (κ2) is 6.38. The van der Waals surface area contributed by atoms with E-state index in [0.717, 1.165) is 24.2 Å². The Bertz CT molecular complexity index is 713. The van der Waals surface area contributed by atoms with Crippen LogP contribution in [0.4, 0.5) is 5.82 Å². The molecule has 3 N–H and O–H groups in total. The molecule has 0 saturated carbocycles. The smallest absolute Gasteiger partial charge is 0.339 e. The number of nitrogen functional groups attached to an aromatic ring is 1. The van der Waals surface area contributed by atoms with Crippen molar-refractivity contribution in [2.75, 3.05) is 12.3 Å². The minimum Gasteiger partial charge on any atom is -0.478 e. The van der Waals surface area contributed by atoms with E-state index < -0.39 is 5.97 Å². The fraction of sp³-hybridized carbons (Fsp3) is 0.333. The highest BCUT2D eigenvalue weighted by Gasteiger charge is 2.19. The number of anilines is 1. The summed E-state index contributed by atoms with van der Waals surface area (Å²) in [5.74, 6) is -1.02. The van der Waals surface area contributed by atoms with E-state index in [4.69, 9.17) is 10.8 Å². The summed E-state index contributed by atoms with van der Waals surface area (Å²) in [6.07, 6.45) is 4.15. The zero-order chi connectivity index (χ0) is 16.4. The van der Waals surface area contributed by atoms with Gasteiger partial charge in [0.05, 0.1) is 0 Å². The summed E-state index contributed by atoms with van der Waals surface area (Å²) in [7, 11) is 0. The van der Waals surface area contributed by atoms with Crippen molar-refractivity contribution in [3.8, 4) is 11.1 Å². The maximum atomic E-state index is 11.2. The topological polar surface area (TPSA) is 79.5 Å². The number of carbonyl (C=O) groups is 1. The predicted octanol–water partition coefficient (Wildman–Crippen LogP) is 3.01. The van der Waals surface area contributed by atoms with E-state index in [-0.39, 0.29) is 11.4 Å². The van der Waals surface area contributed by atoms with Crippen LogP contribution in [0.15, 0.2) is 36.5 Å². The highest BCUT2D eigenvalue weighted by Crippen LogP contribution is 2.24. The summed E-state index contributed by atoms with van der Waals surface area (Å²) in [4.78, 5) is 17.6. The molecule has 1 fully saturated rings. The zero-order valence-electron chi connectivity index (χ0n) is 13.2. The predicted molar refractivity (Wildman–Crippen MR) is 90.2 cm³/mol. The molecule has 1 aliphatic heterocycles. The number of aromatic carboxylic acids is 1. The van der Waals surface area contributed by atoms with Gasteiger partial charge in [0, 0.05) is 24.3 Å². The van der Waals surface area contributed by atoms with E-state index in [2.05, 4.69) is 28.9 Å². The van der Waals surface area contributed by atoms with Crippen molar-refractivity contribution >= 4 is 11.8 Å². The summed E-state index contributed by atoms with van der Waals surface area (Å²) >= 11 is 0. The van der Waals surface area contributed by atoms with E-state index >= 15 is 0 Å². The first-order chi connectivity index (χ1) is 11.0. The molecule has 5 nitrogen and oxygen atoms in total. The van der Waals surface area contributed by atoms with E-state index in [1.54, 1.807) is 12.3 Å². The van der Waals surface area contributed by atoms with Crippen LogP contribution >= 0.6 is 0 Å². The van der Waals surface area contributed by atoms with Crippen molar-refractivity contribution < 1.29 is 9.90 Å². The number of pyridine rings is 1. The largest absolute Gasteiger partial charge is 0.478 e. The number of carboxylic acids is 1. The summed E-state index contributed by atoms with van der Waals surface area (Å²) in [5, 5.41) is 9.14. The Balaban J connectivity index is 1.79. The van der Waals surface area contributed by atoms with Crippen LogP contribution in [0.5, 0.6) is 0 Å². The monoisotopic (exact) mass is 311 g/mol. The number of nitrogens with two attached hydrogens (primary N) is 1. The molecule has 1 aliphatic rings. The Morgan fingerprint density at radius 3 is 2.70 bits per heavy atom. The number of nitrogens with zero attached hydrogens (tertiary/aromatic N) is 2. The van der Waals surface area contributed by atoms with Crippen LogP contribution in [0.25, 0.3) is 11.1 Å². The molecule has 2 heterocycles. The molecule has 1 saturated heterocycles. The third kappa shape index (κ3) is 3.35. The van der Waals surface area contributed by atoms with Gasteiger partial charge in [-0.3, -0.25) is 4.90 Å². The summed E-state index contributed by atoms with van der Waals surface area (Å²) in [5.41, 5.74) is 8.61. The molecule has 0 bridgehead atoms. The number of carboxylic acid groups (broad SMARTS) is 1. The molecule has 0 amide bonds. The van der Waals surface area contributed by atoms with E-state index in [9.17, 15) is 4.79 Å². The minimum atomic E-state index is -1.06. The Morgan fingerprint density at radius 1 is 1.35 bits per heavy atom. The van der Waals surface area contributed by atoms with Crippen LogP contribution in [0.1, 0.15) is 35.7 Å². The Morgan fingerprint density at radius 2 is 2.09 bits per heavy atom. The van der Waals surface area contributed by atoms with Gasteiger partial charge in [-0.25, -0.2) is 9.78 Å². The average molecular weight is 311 g/mol. The second-order valence-electron chi connectivity index (χ2n) is 6.12. The Kier molecular flexibility index (Phi) is 4.30. The molecule has 3 rings (SSSR count). The fourth-order valence-corrected chi connectivity index (χ4v) is 3.07. The molecular weight excluding hydrogens is 290 g/mol. The van der Waals surface area contributed by atoms with Gasteiger partial charge in [-0.15, -0.1) is 0 Å². The Hall–Kier alpha value is -2.40. The first-order valence-electron chi connectivity index (χ1n) is 7.87. The maximum Gasteiger partial charge on any atom is 0.339 e. The van der Waals surface area contributed by atoms with Crippen LogP contribution < -0.4 is 5.73 Å². The van der Waals surface area contributed by atoms with Crippen molar-refractivity contribution in [1.82, 2.24) is 9.88 Å². The number of likely N-dealkylation sites (tertiary alicyclic amines) is 1. The lowest BCUT2D eigenvalue weighted by molar-refractivity contribution is 0.0697. The highest BCUT2D eigenvalue weighted by atomic mass is 16.4. The molecule has 0 spiro atoms. The van der Waals surface area contributed by atoms with Gasteiger partial charge in [-0.2, -0.15) is 0 Å². The van der Waals surface area contributed by atoms with Crippen molar-refractivity contribution in [2.45, 2.75) is 32.4 Å². The normalized spacial score (nSPS) is 18.2. The van der Waals surface area contributed by atoms with Gasteiger partial charge in [0.2, 0.25) is 0 Å². The van der Waals surface area contributed by atoms with Crippen LogP contribution in [-0.2, 0) is 6.54 Å². The van der Waals surface area contributed by atoms with E-state index in [1.165, 1.54) is 18.4 Å². The second-order valence-corrected chi connectivity index (χ2v) is 6.12. The zero-order valence-corrected chi connectivity index (χ0v) is 13.2. The molecule has 1 atom stereocenters. The maximum absolute atomic E-state index is 11.2. The van der Waals surface area contributed by atoms with Crippen molar-refractivity contribution in [3.63, 3.8) is 0 Å². The number of rotatable bonds is 4. The molecule has 120 valence electrons. The summed E-state index contributed by atoms with van der Waals surface area (Å²) < 4.78 is 0. The minimum absolute atomic E-state index is 0.0393. The third-order valence-corrected chi connectivity index (χ3v) is 4.51. The lowest BCUT2D eigenvalue weighted by Gasteiger charge is -2.21. The molecule has 0 aliphatic carbocycles. The van der Waals surface area contributed by atoms with Crippen LogP contribution in [-0.4, -0.2) is 33.5 Å². The van der Waals surface area contributed by atoms with Gasteiger partial charge >= 0.3 is 5.97 Å². The number of hydrogen-bond acceptors (Lipinski definition) is 4. The van der Waals surface area contributed by atoms with Crippen LogP contribution in [0.2, 0.25) is 0 Å². The highest BCUT2D eigenvalue weighted by molar-refractivity contribution is 5.94. The van der Waals surface area contributed by atoms with Crippen molar-refractivity contribution in [1.29, 1.82) is 0 Å². The molecule has 1 aromatic carbocycles. The number of aromatic nitrogens is 1. The van der Waals surface area contributed by atoms with Gasteiger partial charge < -0.3 is 10.8 Å². The van der Waals surface area contributed by atoms with E-state index in [1.807, 2.05) is 12.1 Å². The van der Waals surface area contributed by atoms with Gasteiger partial charge in [0.25, 0.3) is 0 Å². The quantitative estimate of drug-likeness (QED) is 0.907. The number of benzene rings is 1. The van der Waals surface area contributed by atoms with Gasteiger partial charge in [0.1, 0.15) is 11.4 Å². The van der Waals surface area contributed by atoms with Crippen molar-refractivity contribution in [3.05, 3.63) is 47.7 Å². The number of hydrogen-bond donors (Lipinski definition) is 2. The van der Waals surface area contributed by atoms with Gasteiger partial charge in [0.15, 0.2) is 0 Å². The lowest BCUT2D eigenvalue weighted by Crippen LogP contribution is -2.26. The molecule has 23 heavy (non-hydrogen) atoms. The standard InChI is InChI=1S/C18H21N3O2/c1-12-3-2-8-21(12)11-13-4-6-14(7-5-13)15-9-16(18(22)23)17(19)20-10-15/h4-7,9-10,12H,2-3,8,11H2,1H3,(H2,19,20)(H,22,23)/t12-/m1/s1. The van der Waals surface area contributed by atoms with E-state index in [0.29, 0.717) is 6.04 Å². The fourth-order valence-electron chi connectivity index (χ4n) is 3.07. The molecule has 2 aromatic rings. The average Bonchev–Trinajstić information content (AvgIpc) is 2.93. The first kappa shape index (κ1) is 15.5. The molecule has 5 heteroatoms. The molecule has 0 unspecified atom stereocenters. The van der Waals surface area contributed by atoms with Crippen molar-refractivity contribution in [2.24, 2.45) is 0 Å². The summed E-state index contributed by atoms with van der Waals surface area (Å²) in [6.45, 7) is 4.39. The molecular formula is C18H21N3O2. The van der Waals surface area contributed by atoms with Crippen LogP contribution in [0.3, 0.4) is 0 Å². The summed E-state index contributed by atoms with van der Waals surface area (Å²) in [6, 6.07) is 10.4. The lowest BCUT2D eigenvalue weighted by atomic mass is 10.0. The molecule has 1 aromatic heterocycles. The van der Waals surface area contributed by atoms with Gasteiger partial charge in [-0.05, 0) is 43.5 Å². The molecule has 0 radical (unpaired) electrons. The van der Waals surface area contributed by atoms with Crippen LogP contribution in [0, 0.1) is 0 Å². The first-order valence-corrected chi connectivity index (χ1v) is 7.87.